The minimum atomic E-state index is -0.627. The maximum Gasteiger partial charge on any atom is 0.223 e. The minimum Gasteiger partial charge on any atom is -0.388 e. The number of nitrogens with zero attached hydrogens (tertiary/aromatic N) is 1. The minimum absolute atomic E-state index is 0.105. The van der Waals surface area contributed by atoms with Gasteiger partial charge in [0, 0.05) is 32.2 Å². The van der Waals surface area contributed by atoms with Gasteiger partial charge in [-0.25, -0.2) is 0 Å². The van der Waals surface area contributed by atoms with E-state index in [1.54, 1.807) is 11.8 Å². The first-order chi connectivity index (χ1) is 7.98. The van der Waals surface area contributed by atoms with E-state index in [4.69, 9.17) is 0 Å². The van der Waals surface area contributed by atoms with Gasteiger partial charge in [-0.05, 0) is 25.2 Å². The molecule has 0 bridgehead atoms. The molecule has 2 fully saturated rings. The summed E-state index contributed by atoms with van der Waals surface area (Å²) in [4.78, 5) is 24.4. The number of rotatable bonds is 4. The summed E-state index contributed by atoms with van der Waals surface area (Å²) in [5, 5.41) is 10.1. The predicted octanol–water partition coefficient (Wildman–Crippen LogP) is 1.03. The largest absolute Gasteiger partial charge is 0.388 e. The third-order valence-corrected chi connectivity index (χ3v) is 4.63. The van der Waals surface area contributed by atoms with Gasteiger partial charge in [0.05, 0.1) is 5.60 Å². The summed E-state index contributed by atoms with van der Waals surface area (Å²) in [6, 6.07) is 0. The predicted molar refractivity (Wildman–Crippen MR) is 66.6 cm³/mol. The van der Waals surface area contributed by atoms with Gasteiger partial charge >= 0.3 is 0 Å². The molecule has 1 aliphatic carbocycles. The summed E-state index contributed by atoms with van der Waals surface area (Å²) in [6.45, 7) is 2.73. The summed E-state index contributed by atoms with van der Waals surface area (Å²) in [5.74, 6) is 1.11. The fraction of sp³-hybridized carbons (Fsp3) is 0.833. The highest BCUT2D eigenvalue weighted by Gasteiger charge is 2.40. The Hall–Kier alpha value is -0.550. The average Bonchev–Trinajstić information content (AvgIpc) is 2.54. The molecule has 1 unspecified atom stereocenters. The van der Waals surface area contributed by atoms with Crippen LogP contribution in [0.3, 0.4) is 0 Å². The normalized spacial score (nSPS) is 27.1. The van der Waals surface area contributed by atoms with Gasteiger partial charge in [-0.2, -0.15) is 0 Å². The van der Waals surface area contributed by atoms with E-state index in [0.29, 0.717) is 19.5 Å². The van der Waals surface area contributed by atoms with E-state index in [1.807, 2.05) is 0 Å². The Morgan fingerprint density at radius 2 is 2.29 bits per heavy atom. The first-order valence-corrected chi connectivity index (χ1v) is 7.11. The molecule has 17 heavy (non-hydrogen) atoms. The van der Waals surface area contributed by atoms with Crippen LogP contribution >= 0.6 is 11.8 Å². The van der Waals surface area contributed by atoms with Crippen LogP contribution in [0.5, 0.6) is 0 Å². The van der Waals surface area contributed by atoms with Crippen LogP contribution in [0.25, 0.3) is 0 Å². The number of thioether (sulfide) groups is 1. The third kappa shape index (κ3) is 3.22. The van der Waals surface area contributed by atoms with E-state index in [-0.39, 0.29) is 16.9 Å². The summed E-state index contributed by atoms with van der Waals surface area (Å²) in [5.41, 5.74) is -0.627. The molecule has 0 aromatic heterocycles. The molecule has 0 aromatic carbocycles. The zero-order chi connectivity index (χ0) is 12.5. The van der Waals surface area contributed by atoms with Gasteiger partial charge in [0.15, 0.2) is 5.12 Å². The second-order valence-corrected chi connectivity index (χ2v) is 6.42. The molecular formula is C12H19NO3S. The average molecular weight is 257 g/mol. The number of carbonyl (C=O) groups excluding carboxylic acids is 2. The Morgan fingerprint density at radius 1 is 1.59 bits per heavy atom. The van der Waals surface area contributed by atoms with Crippen LogP contribution in [0.15, 0.2) is 0 Å². The second kappa shape index (κ2) is 4.98. The molecule has 0 aromatic rings. The van der Waals surface area contributed by atoms with Crippen molar-refractivity contribution in [2.75, 3.05) is 18.8 Å². The van der Waals surface area contributed by atoms with Crippen molar-refractivity contribution >= 4 is 22.8 Å². The van der Waals surface area contributed by atoms with Gasteiger partial charge in [0.1, 0.15) is 0 Å². The van der Waals surface area contributed by atoms with Crippen molar-refractivity contribution in [1.82, 2.24) is 4.90 Å². The molecule has 2 rings (SSSR count). The number of likely N-dealkylation sites (tertiary alicyclic amines) is 1. The molecule has 5 heteroatoms. The number of hydrogen-bond acceptors (Lipinski definition) is 4. The van der Waals surface area contributed by atoms with Gasteiger partial charge in [-0.1, -0.05) is 11.8 Å². The lowest BCUT2D eigenvalue weighted by Gasteiger charge is -2.39. The summed E-state index contributed by atoms with van der Waals surface area (Å²) < 4.78 is 0. The van der Waals surface area contributed by atoms with Crippen molar-refractivity contribution in [1.29, 1.82) is 0 Å². The monoisotopic (exact) mass is 257 g/mol. The van der Waals surface area contributed by atoms with Crippen molar-refractivity contribution in [2.45, 2.75) is 38.2 Å². The number of carbonyl (C=O) groups is 2. The van der Waals surface area contributed by atoms with E-state index in [0.717, 1.165) is 25.0 Å². The first kappa shape index (κ1) is 12.9. The molecule has 1 atom stereocenters. The molecule has 1 amide bonds. The van der Waals surface area contributed by atoms with Crippen LogP contribution in [0.1, 0.15) is 32.6 Å². The van der Waals surface area contributed by atoms with Crippen molar-refractivity contribution in [3.63, 3.8) is 0 Å². The van der Waals surface area contributed by atoms with Gasteiger partial charge in [-0.15, -0.1) is 0 Å². The Bertz CT molecular complexity index is 328. The lowest BCUT2D eigenvalue weighted by Crippen LogP contribution is -2.48. The van der Waals surface area contributed by atoms with Crippen molar-refractivity contribution in [3.05, 3.63) is 0 Å². The Morgan fingerprint density at radius 3 is 2.82 bits per heavy atom. The van der Waals surface area contributed by atoms with E-state index >= 15 is 0 Å². The van der Waals surface area contributed by atoms with Crippen LogP contribution in [-0.4, -0.2) is 45.5 Å². The lowest BCUT2D eigenvalue weighted by atomic mass is 9.80. The van der Waals surface area contributed by atoms with Crippen LogP contribution < -0.4 is 0 Å². The van der Waals surface area contributed by atoms with Crippen molar-refractivity contribution in [2.24, 2.45) is 5.92 Å². The molecule has 2 aliphatic rings. The maximum atomic E-state index is 11.8. The van der Waals surface area contributed by atoms with E-state index in [1.165, 1.54) is 11.8 Å². The molecule has 1 heterocycles. The number of aliphatic hydroxyl groups is 1. The van der Waals surface area contributed by atoms with E-state index in [2.05, 4.69) is 0 Å². The summed E-state index contributed by atoms with van der Waals surface area (Å²) in [6.07, 6.45) is 3.20. The zero-order valence-corrected chi connectivity index (χ0v) is 11.0. The van der Waals surface area contributed by atoms with Gasteiger partial charge in [-0.3, -0.25) is 9.59 Å². The van der Waals surface area contributed by atoms with E-state index in [9.17, 15) is 14.7 Å². The molecule has 0 spiro atoms. The molecule has 4 nitrogen and oxygen atoms in total. The van der Waals surface area contributed by atoms with Gasteiger partial charge < -0.3 is 10.0 Å². The molecule has 0 radical (unpaired) electrons. The number of β-amino-alcohol motifs (C(OH)–C–C–N with tert-alkyl or cyclic N) is 1. The van der Waals surface area contributed by atoms with Crippen LogP contribution in [-0.2, 0) is 9.59 Å². The molecule has 96 valence electrons. The van der Waals surface area contributed by atoms with Crippen molar-refractivity contribution < 1.29 is 14.7 Å². The van der Waals surface area contributed by atoms with Crippen molar-refractivity contribution in [3.8, 4) is 0 Å². The molecule has 1 aliphatic heterocycles. The Balaban J connectivity index is 1.80. The molecular weight excluding hydrogens is 238 g/mol. The fourth-order valence-corrected chi connectivity index (χ4v) is 3.15. The smallest absolute Gasteiger partial charge is 0.223 e. The quantitative estimate of drug-likeness (QED) is 0.817. The number of hydrogen-bond donors (Lipinski definition) is 1. The maximum absolute atomic E-state index is 11.8. The van der Waals surface area contributed by atoms with Crippen LogP contribution in [0.2, 0.25) is 0 Å². The summed E-state index contributed by atoms with van der Waals surface area (Å²) >= 11 is 1.29. The lowest BCUT2D eigenvalue weighted by molar-refractivity contribution is -0.133. The van der Waals surface area contributed by atoms with Crippen LogP contribution in [0.4, 0.5) is 0 Å². The standard InChI is InChI=1S/C12H19NO3S/c1-9(14)17-7-10-5-11(15)13(6-10)8-12(16)3-2-4-12/h10,16H,2-8H2,1H3. The molecule has 1 saturated heterocycles. The zero-order valence-electron chi connectivity index (χ0n) is 10.1. The third-order valence-electron chi connectivity index (χ3n) is 3.59. The SMILES string of the molecule is CC(=O)SCC1CC(=O)N(CC2(O)CCC2)C1. The highest BCUT2D eigenvalue weighted by molar-refractivity contribution is 8.13. The highest BCUT2D eigenvalue weighted by Crippen LogP contribution is 2.34. The molecule has 1 N–H and O–H groups in total. The summed E-state index contributed by atoms with van der Waals surface area (Å²) in [7, 11) is 0. The fourth-order valence-electron chi connectivity index (χ4n) is 2.45. The van der Waals surface area contributed by atoms with Gasteiger partial charge in [0.25, 0.3) is 0 Å². The molecule has 1 saturated carbocycles. The topological polar surface area (TPSA) is 57.6 Å². The van der Waals surface area contributed by atoms with Crippen LogP contribution in [0, 0.1) is 5.92 Å². The Kier molecular flexibility index (Phi) is 3.78. The Labute approximate surface area is 106 Å². The second-order valence-electron chi connectivity index (χ2n) is 5.22. The highest BCUT2D eigenvalue weighted by atomic mass is 32.2. The number of amides is 1. The van der Waals surface area contributed by atoms with E-state index < -0.39 is 5.60 Å². The first-order valence-electron chi connectivity index (χ1n) is 6.12. The van der Waals surface area contributed by atoms with Gasteiger partial charge in [0.2, 0.25) is 5.91 Å².